The number of benzene rings is 3. The molecule has 2 nitrogen and oxygen atoms in total. The molecule has 2 heteroatoms. The highest BCUT2D eigenvalue weighted by Crippen LogP contribution is 2.34. The van der Waals surface area contributed by atoms with Crippen molar-refractivity contribution in [3.63, 3.8) is 0 Å². The van der Waals surface area contributed by atoms with Crippen molar-refractivity contribution in [2.45, 2.75) is 0 Å². The van der Waals surface area contributed by atoms with Gasteiger partial charge in [0.15, 0.2) is 5.78 Å². The molecule has 0 unspecified atom stereocenters. The summed E-state index contributed by atoms with van der Waals surface area (Å²) in [6, 6.07) is 21.6. The minimum atomic E-state index is 0.0573. The summed E-state index contributed by atoms with van der Waals surface area (Å²) in [7, 11) is 0. The summed E-state index contributed by atoms with van der Waals surface area (Å²) in [4.78, 5) is 12.9. The van der Waals surface area contributed by atoms with Crippen LogP contribution in [0.25, 0.3) is 16.8 Å². The van der Waals surface area contributed by atoms with E-state index in [-0.39, 0.29) is 5.78 Å². The average Bonchev–Trinajstić information content (AvgIpc) is 2.58. The number of hydrogen-bond donors (Lipinski definition) is 0. The molecular weight excluding hydrogens is 272 g/mol. The molecule has 0 radical (unpaired) electrons. The number of carbonyl (C=O) groups excluding carboxylic acids is 1. The Morgan fingerprint density at radius 1 is 0.864 bits per heavy atom. The average molecular weight is 286 g/mol. The standard InChI is InChI=1S/C20H14O2/c21-20-16(12-14-6-2-1-3-7-14)13-22-18-11-10-15-8-4-5-9-17(15)19(18)20/h1-12H,13H2/b16-12+. The van der Waals surface area contributed by atoms with Crippen molar-refractivity contribution in [3.05, 3.63) is 83.4 Å². The van der Waals surface area contributed by atoms with E-state index >= 15 is 0 Å². The Morgan fingerprint density at radius 2 is 1.64 bits per heavy atom. The van der Waals surface area contributed by atoms with Gasteiger partial charge >= 0.3 is 0 Å². The van der Waals surface area contributed by atoms with E-state index in [1.807, 2.05) is 72.8 Å². The van der Waals surface area contributed by atoms with Gasteiger partial charge in [-0.1, -0.05) is 60.7 Å². The molecule has 0 aromatic heterocycles. The number of ketones is 1. The van der Waals surface area contributed by atoms with Gasteiger partial charge in [-0.05, 0) is 28.5 Å². The molecule has 0 aliphatic carbocycles. The number of rotatable bonds is 1. The summed E-state index contributed by atoms with van der Waals surface area (Å²) < 4.78 is 5.80. The highest BCUT2D eigenvalue weighted by atomic mass is 16.5. The van der Waals surface area contributed by atoms with Gasteiger partial charge in [0.2, 0.25) is 0 Å². The van der Waals surface area contributed by atoms with Gasteiger partial charge in [-0.25, -0.2) is 0 Å². The lowest BCUT2D eigenvalue weighted by atomic mass is 9.93. The molecule has 0 bridgehead atoms. The van der Waals surface area contributed by atoms with Crippen LogP contribution in [-0.4, -0.2) is 12.4 Å². The van der Waals surface area contributed by atoms with Crippen LogP contribution in [0, 0.1) is 0 Å². The second-order valence-electron chi connectivity index (χ2n) is 5.36. The normalized spacial score (nSPS) is 15.6. The fraction of sp³-hybridized carbons (Fsp3) is 0.0500. The summed E-state index contributed by atoms with van der Waals surface area (Å²) in [6.07, 6.45) is 1.91. The number of ether oxygens (including phenoxy) is 1. The molecule has 1 aliphatic rings. The molecular formula is C20H14O2. The molecule has 0 saturated carbocycles. The second-order valence-corrected chi connectivity index (χ2v) is 5.36. The Bertz CT molecular complexity index is 892. The van der Waals surface area contributed by atoms with Crippen molar-refractivity contribution in [3.8, 4) is 5.75 Å². The molecule has 106 valence electrons. The quantitative estimate of drug-likeness (QED) is 0.616. The predicted octanol–water partition coefficient (Wildman–Crippen LogP) is 4.50. The van der Waals surface area contributed by atoms with Gasteiger partial charge in [0.05, 0.1) is 5.56 Å². The van der Waals surface area contributed by atoms with Crippen molar-refractivity contribution in [1.82, 2.24) is 0 Å². The van der Waals surface area contributed by atoms with Crippen molar-refractivity contribution in [1.29, 1.82) is 0 Å². The highest BCUT2D eigenvalue weighted by Gasteiger charge is 2.25. The first kappa shape index (κ1) is 12.8. The van der Waals surface area contributed by atoms with Crippen LogP contribution >= 0.6 is 0 Å². The van der Waals surface area contributed by atoms with Crippen LogP contribution in [0.4, 0.5) is 0 Å². The van der Waals surface area contributed by atoms with Crippen molar-refractivity contribution >= 4 is 22.6 Å². The Morgan fingerprint density at radius 3 is 2.50 bits per heavy atom. The van der Waals surface area contributed by atoms with Crippen molar-refractivity contribution < 1.29 is 9.53 Å². The van der Waals surface area contributed by atoms with Gasteiger partial charge in [-0.3, -0.25) is 4.79 Å². The first-order chi connectivity index (χ1) is 10.8. The number of carbonyl (C=O) groups is 1. The van der Waals surface area contributed by atoms with E-state index in [1.54, 1.807) is 0 Å². The zero-order chi connectivity index (χ0) is 14.9. The van der Waals surface area contributed by atoms with Crippen LogP contribution in [0.3, 0.4) is 0 Å². The fourth-order valence-electron chi connectivity index (χ4n) is 2.85. The molecule has 4 rings (SSSR count). The van der Waals surface area contributed by atoms with Crippen LogP contribution in [-0.2, 0) is 0 Å². The van der Waals surface area contributed by atoms with E-state index in [0.29, 0.717) is 23.5 Å². The number of fused-ring (bicyclic) bond motifs is 3. The van der Waals surface area contributed by atoms with Gasteiger partial charge in [0.1, 0.15) is 12.4 Å². The first-order valence-corrected chi connectivity index (χ1v) is 7.28. The predicted molar refractivity (Wildman–Crippen MR) is 88.2 cm³/mol. The monoisotopic (exact) mass is 286 g/mol. The first-order valence-electron chi connectivity index (χ1n) is 7.28. The van der Waals surface area contributed by atoms with Crippen molar-refractivity contribution in [2.75, 3.05) is 6.61 Å². The maximum atomic E-state index is 12.9. The molecule has 0 atom stereocenters. The Kier molecular flexibility index (Phi) is 3.01. The van der Waals surface area contributed by atoms with Gasteiger partial charge < -0.3 is 4.74 Å². The van der Waals surface area contributed by atoms with Crippen LogP contribution in [0.5, 0.6) is 5.75 Å². The SMILES string of the molecule is O=C1/C(=C/c2ccccc2)COc2ccc3ccccc3c21. The Balaban J connectivity index is 1.86. The summed E-state index contributed by atoms with van der Waals surface area (Å²) in [6.45, 7) is 0.319. The maximum Gasteiger partial charge on any atom is 0.196 e. The maximum absolute atomic E-state index is 12.9. The Labute approximate surface area is 128 Å². The van der Waals surface area contributed by atoms with Gasteiger partial charge in [0, 0.05) is 5.57 Å². The third-order valence-electron chi connectivity index (χ3n) is 3.93. The van der Waals surface area contributed by atoms with E-state index in [9.17, 15) is 4.79 Å². The lowest BCUT2D eigenvalue weighted by molar-refractivity contribution is 0.100. The molecule has 3 aromatic carbocycles. The molecule has 0 spiro atoms. The summed E-state index contributed by atoms with van der Waals surface area (Å²) >= 11 is 0. The minimum absolute atomic E-state index is 0.0573. The van der Waals surface area contributed by atoms with E-state index in [4.69, 9.17) is 4.74 Å². The third kappa shape index (κ3) is 2.09. The van der Waals surface area contributed by atoms with Gasteiger partial charge in [-0.2, -0.15) is 0 Å². The van der Waals surface area contributed by atoms with Crippen LogP contribution in [0.2, 0.25) is 0 Å². The van der Waals surface area contributed by atoms with Crippen LogP contribution < -0.4 is 4.74 Å². The molecule has 0 amide bonds. The molecule has 1 heterocycles. The second kappa shape index (κ2) is 5.15. The Hall–Kier alpha value is -2.87. The molecule has 22 heavy (non-hydrogen) atoms. The van der Waals surface area contributed by atoms with E-state index in [1.165, 1.54) is 0 Å². The minimum Gasteiger partial charge on any atom is -0.488 e. The highest BCUT2D eigenvalue weighted by molar-refractivity contribution is 6.20. The number of Topliss-reactive ketones (excluding diaryl/α,β-unsaturated/α-hetero) is 1. The molecule has 3 aromatic rings. The molecule has 0 saturated heterocycles. The lowest BCUT2D eigenvalue weighted by Crippen LogP contribution is -2.19. The smallest absolute Gasteiger partial charge is 0.196 e. The van der Waals surface area contributed by atoms with Gasteiger partial charge in [-0.15, -0.1) is 0 Å². The third-order valence-corrected chi connectivity index (χ3v) is 3.93. The molecule has 0 fully saturated rings. The topological polar surface area (TPSA) is 26.3 Å². The summed E-state index contributed by atoms with van der Waals surface area (Å²) in [5, 5.41) is 2.00. The summed E-state index contributed by atoms with van der Waals surface area (Å²) in [5.41, 5.74) is 2.37. The number of hydrogen-bond acceptors (Lipinski definition) is 2. The molecule has 1 aliphatic heterocycles. The molecule has 0 N–H and O–H groups in total. The zero-order valence-electron chi connectivity index (χ0n) is 12.0. The van der Waals surface area contributed by atoms with Crippen LogP contribution in [0.1, 0.15) is 15.9 Å². The summed E-state index contributed by atoms with van der Waals surface area (Å²) in [5.74, 6) is 0.732. The van der Waals surface area contributed by atoms with Crippen molar-refractivity contribution in [2.24, 2.45) is 0 Å². The van der Waals surface area contributed by atoms with Gasteiger partial charge in [0.25, 0.3) is 0 Å². The van der Waals surface area contributed by atoms with E-state index < -0.39 is 0 Å². The van der Waals surface area contributed by atoms with E-state index in [0.717, 1.165) is 16.3 Å². The van der Waals surface area contributed by atoms with E-state index in [2.05, 4.69) is 0 Å². The largest absolute Gasteiger partial charge is 0.488 e. The fourth-order valence-corrected chi connectivity index (χ4v) is 2.85. The van der Waals surface area contributed by atoms with Crippen LogP contribution in [0.15, 0.2) is 72.3 Å². The zero-order valence-corrected chi connectivity index (χ0v) is 12.0. The lowest BCUT2D eigenvalue weighted by Gasteiger charge is -2.20.